The van der Waals surface area contributed by atoms with E-state index in [0.717, 1.165) is 28.6 Å². The Labute approximate surface area is 142 Å². The highest BCUT2D eigenvalue weighted by Crippen LogP contribution is 2.28. The molecule has 0 aliphatic carbocycles. The first kappa shape index (κ1) is 17.5. The summed E-state index contributed by atoms with van der Waals surface area (Å²) in [5.41, 5.74) is 3.34. The Morgan fingerprint density at radius 2 is 1.91 bits per heavy atom. The molecule has 0 aliphatic rings. The molecule has 5 heteroatoms. The monoisotopic (exact) mass is 332 g/mol. The van der Waals surface area contributed by atoms with Gasteiger partial charge in [0.05, 0.1) is 13.7 Å². The normalized spacial score (nSPS) is 10.4. The lowest BCUT2D eigenvalue weighted by Gasteiger charge is -2.18. The van der Waals surface area contributed by atoms with Gasteiger partial charge in [-0.3, -0.25) is 0 Å². The Balaban J connectivity index is 1.98. The van der Waals surface area contributed by atoms with Gasteiger partial charge in [0, 0.05) is 36.4 Å². The van der Waals surface area contributed by atoms with Crippen molar-refractivity contribution in [3.8, 4) is 5.75 Å². The van der Waals surface area contributed by atoms with E-state index in [1.807, 2.05) is 18.2 Å². The van der Waals surface area contributed by atoms with E-state index in [0.29, 0.717) is 6.54 Å². The number of anilines is 2. The lowest BCUT2D eigenvalue weighted by Crippen LogP contribution is -2.20. The van der Waals surface area contributed by atoms with E-state index in [9.17, 15) is 0 Å². The molecular weight excluding hydrogens is 308 g/mol. The molecule has 4 nitrogen and oxygen atoms in total. The van der Waals surface area contributed by atoms with Crippen molar-refractivity contribution in [2.24, 2.45) is 0 Å². The summed E-state index contributed by atoms with van der Waals surface area (Å²) in [5, 5.41) is 12.4. The van der Waals surface area contributed by atoms with Crippen molar-refractivity contribution in [3.05, 3.63) is 48.0 Å². The van der Waals surface area contributed by atoms with E-state index in [1.165, 1.54) is 5.56 Å². The minimum absolute atomic E-state index is 0.157. The number of aliphatic hydroxyl groups is 1. The van der Waals surface area contributed by atoms with E-state index in [-0.39, 0.29) is 6.61 Å². The topological polar surface area (TPSA) is 44.7 Å². The summed E-state index contributed by atoms with van der Waals surface area (Å²) in [5.74, 6) is 0.915. The van der Waals surface area contributed by atoms with Crippen LogP contribution in [0.1, 0.15) is 5.56 Å². The first-order valence-corrected chi connectivity index (χ1v) is 8.77. The van der Waals surface area contributed by atoms with Crippen molar-refractivity contribution in [1.29, 1.82) is 0 Å². The minimum Gasteiger partial charge on any atom is -0.496 e. The predicted octanol–water partition coefficient (Wildman–Crippen LogP) is 3.46. The Morgan fingerprint density at radius 1 is 1.17 bits per heavy atom. The van der Waals surface area contributed by atoms with E-state index in [4.69, 9.17) is 9.84 Å². The Hall–Kier alpha value is -1.85. The second kappa shape index (κ2) is 8.70. The van der Waals surface area contributed by atoms with Gasteiger partial charge in [-0.15, -0.1) is 11.8 Å². The fourth-order valence-corrected chi connectivity index (χ4v) is 2.86. The highest BCUT2D eigenvalue weighted by Gasteiger charge is 2.04. The van der Waals surface area contributed by atoms with Crippen molar-refractivity contribution in [2.45, 2.75) is 11.4 Å². The van der Waals surface area contributed by atoms with Gasteiger partial charge in [-0.25, -0.2) is 0 Å². The highest BCUT2D eigenvalue weighted by molar-refractivity contribution is 7.98. The predicted molar refractivity (Wildman–Crippen MR) is 98.9 cm³/mol. The van der Waals surface area contributed by atoms with Crippen molar-refractivity contribution < 1.29 is 9.84 Å². The Morgan fingerprint density at radius 3 is 2.52 bits per heavy atom. The molecule has 2 rings (SSSR count). The van der Waals surface area contributed by atoms with Crippen LogP contribution in [0.2, 0.25) is 0 Å². The molecule has 0 fully saturated rings. The molecule has 2 aromatic rings. The summed E-state index contributed by atoms with van der Waals surface area (Å²) >= 11 is 1.68. The maximum atomic E-state index is 8.98. The van der Waals surface area contributed by atoms with E-state index in [2.05, 4.69) is 47.8 Å². The summed E-state index contributed by atoms with van der Waals surface area (Å²) in [7, 11) is 3.67. The fraction of sp³-hybridized carbons (Fsp3) is 0.333. The highest BCUT2D eigenvalue weighted by atomic mass is 32.2. The molecule has 0 atom stereocenters. The smallest absolute Gasteiger partial charge is 0.132 e. The first-order chi connectivity index (χ1) is 11.2. The molecule has 0 amide bonds. The summed E-state index contributed by atoms with van der Waals surface area (Å²) < 4.78 is 5.42. The maximum absolute atomic E-state index is 8.98. The van der Waals surface area contributed by atoms with E-state index >= 15 is 0 Å². The quantitative estimate of drug-likeness (QED) is 0.725. The van der Waals surface area contributed by atoms with Crippen LogP contribution in [0.4, 0.5) is 11.4 Å². The van der Waals surface area contributed by atoms with Crippen molar-refractivity contribution >= 4 is 23.1 Å². The summed E-state index contributed by atoms with van der Waals surface area (Å²) in [4.78, 5) is 3.17. The van der Waals surface area contributed by atoms with E-state index in [1.54, 1.807) is 18.9 Å². The number of thioether (sulfide) groups is 1. The molecule has 0 bridgehead atoms. The zero-order valence-electron chi connectivity index (χ0n) is 13.9. The van der Waals surface area contributed by atoms with Gasteiger partial charge in [-0.05, 0) is 48.2 Å². The maximum Gasteiger partial charge on any atom is 0.132 e. The number of benzene rings is 2. The Bertz CT molecular complexity index is 617. The van der Waals surface area contributed by atoms with Gasteiger partial charge in [0.15, 0.2) is 0 Å². The number of hydrogen-bond acceptors (Lipinski definition) is 5. The third kappa shape index (κ3) is 4.81. The largest absolute Gasteiger partial charge is 0.496 e. The standard InChI is InChI=1S/C18H24N2O2S/c1-20(10-11-21)16-7-5-15(6-8-16)19-13-14-4-9-18(23-3)17(12-14)22-2/h4-9,12,19,21H,10-11,13H2,1-3H3. The van der Waals surface area contributed by atoms with Crippen LogP contribution >= 0.6 is 11.8 Å². The average molecular weight is 332 g/mol. The number of rotatable bonds is 8. The van der Waals surface area contributed by atoms with E-state index < -0.39 is 0 Å². The van der Waals surface area contributed by atoms with Crippen LogP contribution in [0.15, 0.2) is 47.4 Å². The molecule has 0 aliphatic heterocycles. The van der Waals surface area contributed by atoms with Gasteiger partial charge in [-0.1, -0.05) is 6.07 Å². The fourth-order valence-electron chi connectivity index (χ4n) is 2.31. The lowest BCUT2D eigenvalue weighted by molar-refractivity contribution is 0.304. The van der Waals surface area contributed by atoms with Gasteiger partial charge in [0.25, 0.3) is 0 Å². The van der Waals surface area contributed by atoms with Crippen LogP contribution in [0.25, 0.3) is 0 Å². The lowest BCUT2D eigenvalue weighted by atomic mass is 10.2. The van der Waals surface area contributed by atoms with Gasteiger partial charge in [0.2, 0.25) is 0 Å². The van der Waals surface area contributed by atoms with Crippen molar-refractivity contribution in [3.63, 3.8) is 0 Å². The van der Waals surface area contributed by atoms with Crippen LogP contribution < -0.4 is 15.0 Å². The van der Waals surface area contributed by atoms with Crippen LogP contribution in [-0.2, 0) is 6.54 Å². The molecule has 0 saturated carbocycles. The Kier molecular flexibility index (Phi) is 6.62. The van der Waals surface area contributed by atoms with Crippen molar-refractivity contribution in [1.82, 2.24) is 0 Å². The molecule has 0 aromatic heterocycles. The van der Waals surface area contributed by atoms with Crippen molar-refractivity contribution in [2.75, 3.05) is 43.8 Å². The zero-order valence-corrected chi connectivity index (χ0v) is 14.7. The minimum atomic E-state index is 0.157. The molecular formula is C18H24N2O2S. The third-order valence-corrected chi connectivity index (χ3v) is 4.47. The van der Waals surface area contributed by atoms with Crippen LogP contribution in [0.3, 0.4) is 0 Å². The number of nitrogens with zero attached hydrogens (tertiary/aromatic N) is 1. The van der Waals surface area contributed by atoms with Gasteiger partial charge >= 0.3 is 0 Å². The molecule has 2 N–H and O–H groups in total. The van der Waals surface area contributed by atoms with Crippen LogP contribution in [0, 0.1) is 0 Å². The molecule has 23 heavy (non-hydrogen) atoms. The molecule has 2 aromatic carbocycles. The first-order valence-electron chi connectivity index (χ1n) is 7.54. The number of likely N-dealkylation sites (N-methyl/N-ethyl adjacent to an activating group) is 1. The number of nitrogens with one attached hydrogen (secondary N) is 1. The average Bonchev–Trinajstić information content (AvgIpc) is 2.60. The molecule has 0 unspecified atom stereocenters. The SMILES string of the molecule is COc1cc(CNc2ccc(N(C)CCO)cc2)ccc1SC. The summed E-state index contributed by atoms with van der Waals surface area (Å²) in [6, 6.07) is 14.5. The summed E-state index contributed by atoms with van der Waals surface area (Å²) in [6.07, 6.45) is 2.05. The number of ether oxygens (including phenoxy) is 1. The molecule has 0 spiro atoms. The van der Waals surface area contributed by atoms with Gasteiger partial charge in [0.1, 0.15) is 5.75 Å². The van der Waals surface area contributed by atoms with Crippen LogP contribution in [0.5, 0.6) is 5.75 Å². The molecule has 0 radical (unpaired) electrons. The summed E-state index contributed by atoms with van der Waals surface area (Å²) in [6.45, 7) is 1.54. The number of methoxy groups -OCH3 is 1. The molecule has 0 heterocycles. The molecule has 0 saturated heterocycles. The number of hydrogen-bond donors (Lipinski definition) is 2. The second-order valence-electron chi connectivity index (χ2n) is 5.23. The number of aliphatic hydroxyl groups excluding tert-OH is 1. The van der Waals surface area contributed by atoms with Gasteiger partial charge < -0.3 is 20.1 Å². The third-order valence-electron chi connectivity index (χ3n) is 3.69. The van der Waals surface area contributed by atoms with Crippen LogP contribution in [-0.4, -0.2) is 38.7 Å². The second-order valence-corrected chi connectivity index (χ2v) is 6.08. The van der Waals surface area contributed by atoms with Gasteiger partial charge in [-0.2, -0.15) is 0 Å². The zero-order chi connectivity index (χ0) is 16.7. The molecule has 124 valence electrons.